The fourth-order valence-electron chi connectivity index (χ4n) is 2.36. The molecule has 1 atom stereocenters. The molecule has 0 aliphatic heterocycles. The van der Waals surface area contributed by atoms with Crippen molar-refractivity contribution in [1.29, 1.82) is 0 Å². The van der Waals surface area contributed by atoms with Gasteiger partial charge in [-0.05, 0) is 47.9 Å². The van der Waals surface area contributed by atoms with Crippen LogP contribution in [0.15, 0.2) is 24.3 Å². The first kappa shape index (κ1) is 16.0. The minimum atomic E-state index is -0.804. The Hall–Kier alpha value is -2.84. The van der Waals surface area contributed by atoms with E-state index in [0.29, 0.717) is 11.4 Å². The second-order valence-electron chi connectivity index (χ2n) is 5.77. The largest absolute Gasteiger partial charge is 0.273 e. The summed E-state index contributed by atoms with van der Waals surface area (Å²) in [6.45, 7) is 1.66. The van der Waals surface area contributed by atoms with E-state index in [1.54, 1.807) is 19.1 Å². The number of aromatic nitrogens is 4. The summed E-state index contributed by atoms with van der Waals surface area (Å²) in [6, 6.07) is 5.16. The average molecular weight is 332 g/mol. The van der Waals surface area contributed by atoms with Gasteiger partial charge in [0.1, 0.15) is 17.7 Å². The summed E-state index contributed by atoms with van der Waals surface area (Å²) in [7, 11) is 0. The number of rotatable bonds is 5. The number of hydrazine groups is 1. The van der Waals surface area contributed by atoms with Crippen LogP contribution in [0.25, 0.3) is 0 Å². The van der Waals surface area contributed by atoms with Gasteiger partial charge in [-0.2, -0.15) is 0 Å². The molecule has 8 nitrogen and oxygen atoms in total. The number of nitrogens with one attached hydrogen (secondary N) is 2. The van der Waals surface area contributed by atoms with Gasteiger partial charge in [0, 0.05) is 12.3 Å². The molecule has 1 aliphatic carbocycles. The van der Waals surface area contributed by atoms with Crippen molar-refractivity contribution in [2.75, 3.05) is 0 Å². The van der Waals surface area contributed by atoms with Crippen LogP contribution in [-0.2, 0) is 16.0 Å². The zero-order valence-electron chi connectivity index (χ0n) is 13.1. The quantitative estimate of drug-likeness (QED) is 0.775. The number of carbonyl (C=O) groups excluding carboxylic acids is 2. The summed E-state index contributed by atoms with van der Waals surface area (Å²) in [4.78, 5) is 24.2. The molecular formula is C15H17FN6O2. The Kier molecular flexibility index (Phi) is 4.50. The molecule has 1 heterocycles. The van der Waals surface area contributed by atoms with Gasteiger partial charge in [-0.3, -0.25) is 20.4 Å². The van der Waals surface area contributed by atoms with E-state index in [0.717, 1.165) is 12.8 Å². The highest BCUT2D eigenvalue weighted by atomic mass is 19.1. The Morgan fingerprint density at radius 2 is 2.17 bits per heavy atom. The smallest absolute Gasteiger partial charge is 0.263 e. The molecule has 9 heteroatoms. The number of carbonyl (C=O) groups is 2. The van der Waals surface area contributed by atoms with Crippen LogP contribution in [-0.4, -0.2) is 32.0 Å². The van der Waals surface area contributed by atoms with Crippen molar-refractivity contribution in [1.82, 2.24) is 31.1 Å². The van der Waals surface area contributed by atoms with Crippen LogP contribution in [0.5, 0.6) is 0 Å². The highest BCUT2D eigenvalue weighted by molar-refractivity contribution is 5.86. The monoisotopic (exact) mass is 332 g/mol. The van der Waals surface area contributed by atoms with E-state index in [2.05, 4.69) is 26.4 Å². The summed E-state index contributed by atoms with van der Waals surface area (Å²) < 4.78 is 14.7. The van der Waals surface area contributed by atoms with E-state index in [1.807, 2.05) is 0 Å². The minimum absolute atomic E-state index is 0.0262. The third-order valence-corrected chi connectivity index (χ3v) is 3.83. The number of amides is 2. The minimum Gasteiger partial charge on any atom is -0.273 e. The number of hydrogen-bond donors (Lipinski definition) is 2. The van der Waals surface area contributed by atoms with Crippen molar-refractivity contribution in [2.24, 2.45) is 5.92 Å². The van der Waals surface area contributed by atoms with Crippen molar-refractivity contribution in [2.45, 2.75) is 32.2 Å². The Labute approximate surface area is 137 Å². The fourth-order valence-corrected chi connectivity index (χ4v) is 2.36. The fraction of sp³-hybridized carbons (Fsp3) is 0.400. The SMILES string of the molecule is Cc1nnnn1C(Cc1cccc(F)c1)C(=O)NNC(=O)C1CC1. The van der Waals surface area contributed by atoms with E-state index in [-0.39, 0.29) is 24.1 Å². The van der Waals surface area contributed by atoms with Gasteiger partial charge in [-0.1, -0.05) is 12.1 Å². The summed E-state index contributed by atoms with van der Waals surface area (Å²) >= 11 is 0. The molecule has 2 N–H and O–H groups in total. The third-order valence-electron chi connectivity index (χ3n) is 3.83. The molecule has 3 rings (SSSR count). The van der Waals surface area contributed by atoms with Crippen molar-refractivity contribution in [3.05, 3.63) is 41.5 Å². The highest BCUT2D eigenvalue weighted by Crippen LogP contribution is 2.28. The van der Waals surface area contributed by atoms with Crippen LogP contribution >= 0.6 is 0 Å². The van der Waals surface area contributed by atoms with Gasteiger partial charge in [0.2, 0.25) is 5.91 Å². The molecule has 2 amide bonds. The van der Waals surface area contributed by atoms with Gasteiger partial charge in [-0.25, -0.2) is 9.07 Å². The molecule has 0 bridgehead atoms. The van der Waals surface area contributed by atoms with Gasteiger partial charge < -0.3 is 0 Å². The summed E-state index contributed by atoms with van der Waals surface area (Å²) in [5.74, 6) is -0.645. The number of benzene rings is 1. The molecule has 0 spiro atoms. The summed E-state index contributed by atoms with van der Waals surface area (Å²) in [5.41, 5.74) is 5.44. The number of nitrogens with zero attached hydrogens (tertiary/aromatic N) is 4. The van der Waals surface area contributed by atoms with Gasteiger partial charge >= 0.3 is 0 Å². The highest BCUT2D eigenvalue weighted by Gasteiger charge is 2.31. The Morgan fingerprint density at radius 3 is 2.79 bits per heavy atom. The van der Waals surface area contributed by atoms with Crippen molar-refractivity contribution >= 4 is 11.8 Å². The maximum absolute atomic E-state index is 13.4. The molecule has 2 aromatic rings. The van der Waals surface area contributed by atoms with Gasteiger partial charge in [0.05, 0.1) is 0 Å². The normalized spacial score (nSPS) is 14.9. The molecule has 1 saturated carbocycles. The molecular weight excluding hydrogens is 315 g/mol. The van der Waals surface area contributed by atoms with Crippen molar-refractivity contribution in [3.8, 4) is 0 Å². The first-order valence-corrected chi connectivity index (χ1v) is 7.63. The zero-order chi connectivity index (χ0) is 17.1. The lowest BCUT2D eigenvalue weighted by molar-refractivity contribution is -0.131. The predicted octanol–water partition coefficient (Wildman–Crippen LogP) is 0.462. The van der Waals surface area contributed by atoms with E-state index >= 15 is 0 Å². The lowest BCUT2D eigenvalue weighted by atomic mass is 10.1. The van der Waals surface area contributed by atoms with E-state index in [9.17, 15) is 14.0 Å². The Morgan fingerprint density at radius 1 is 1.38 bits per heavy atom. The van der Waals surface area contributed by atoms with E-state index in [1.165, 1.54) is 16.8 Å². The van der Waals surface area contributed by atoms with E-state index < -0.39 is 11.9 Å². The second kappa shape index (κ2) is 6.73. The maximum Gasteiger partial charge on any atom is 0.263 e. The van der Waals surface area contributed by atoms with Gasteiger partial charge in [-0.15, -0.1) is 5.10 Å². The number of tetrazole rings is 1. The standard InChI is InChI=1S/C15H17FN6O2/c1-9-17-20-21-22(9)13(8-10-3-2-4-12(16)7-10)15(24)19-18-14(23)11-5-6-11/h2-4,7,11,13H,5-6,8H2,1H3,(H,18,23)(H,19,24). The first-order chi connectivity index (χ1) is 11.5. The molecule has 1 unspecified atom stereocenters. The first-order valence-electron chi connectivity index (χ1n) is 7.63. The molecule has 0 saturated heterocycles. The molecule has 1 aliphatic rings. The number of halogens is 1. The Bertz CT molecular complexity index is 758. The topological polar surface area (TPSA) is 102 Å². The molecule has 1 fully saturated rings. The molecule has 126 valence electrons. The molecule has 1 aromatic carbocycles. The van der Waals surface area contributed by atoms with Crippen LogP contribution in [0.3, 0.4) is 0 Å². The maximum atomic E-state index is 13.4. The summed E-state index contributed by atoms with van der Waals surface area (Å²) in [5, 5.41) is 11.1. The Balaban J connectivity index is 1.75. The van der Waals surface area contributed by atoms with Crippen LogP contribution in [0, 0.1) is 18.7 Å². The average Bonchev–Trinajstić information content (AvgIpc) is 3.32. The zero-order valence-corrected chi connectivity index (χ0v) is 13.1. The van der Waals surface area contributed by atoms with Crippen LogP contribution in [0.1, 0.15) is 30.3 Å². The predicted molar refractivity (Wildman–Crippen MR) is 80.7 cm³/mol. The van der Waals surface area contributed by atoms with E-state index in [4.69, 9.17) is 0 Å². The van der Waals surface area contributed by atoms with Crippen LogP contribution in [0.2, 0.25) is 0 Å². The second-order valence-corrected chi connectivity index (χ2v) is 5.77. The molecule has 1 aromatic heterocycles. The molecule has 24 heavy (non-hydrogen) atoms. The number of hydrogen-bond acceptors (Lipinski definition) is 5. The van der Waals surface area contributed by atoms with Crippen molar-refractivity contribution < 1.29 is 14.0 Å². The van der Waals surface area contributed by atoms with Crippen LogP contribution in [0.4, 0.5) is 4.39 Å². The van der Waals surface area contributed by atoms with Crippen LogP contribution < -0.4 is 10.9 Å². The third kappa shape index (κ3) is 3.73. The lowest BCUT2D eigenvalue weighted by Gasteiger charge is -2.18. The van der Waals surface area contributed by atoms with Gasteiger partial charge in [0.25, 0.3) is 5.91 Å². The van der Waals surface area contributed by atoms with Gasteiger partial charge in [0.15, 0.2) is 0 Å². The lowest BCUT2D eigenvalue weighted by Crippen LogP contribution is -2.46. The number of aryl methyl sites for hydroxylation is 1. The summed E-state index contributed by atoms with van der Waals surface area (Å²) in [6.07, 6.45) is 1.86. The molecule has 0 radical (unpaired) electrons. The van der Waals surface area contributed by atoms with Crippen molar-refractivity contribution in [3.63, 3.8) is 0 Å².